The Kier molecular flexibility index (Phi) is 14.6. The van der Waals surface area contributed by atoms with Crippen molar-refractivity contribution in [2.24, 2.45) is 17.8 Å². The van der Waals surface area contributed by atoms with Crippen molar-refractivity contribution in [1.82, 2.24) is 31.2 Å². The van der Waals surface area contributed by atoms with E-state index >= 15 is 0 Å². The summed E-state index contributed by atoms with van der Waals surface area (Å²) in [5.41, 5.74) is -0.161. The molecule has 48 heavy (non-hydrogen) atoms. The van der Waals surface area contributed by atoms with Gasteiger partial charge in [-0.2, -0.15) is 0 Å². The third kappa shape index (κ3) is 12.1. The molecule has 0 aliphatic heterocycles. The number of aromatic nitrogens is 2. The number of imidazole rings is 1. The van der Waals surface area contributed by atoms with Crippen LogP contribution in [0.25, 0.3) is 0 Å². The molecule has 0 unspecified atom stereocenters. The third-order valence-electron chi connectivity index (χ3n) is 9.28. The quantitative estimate of drug-likeness (QED) is 0.118. The monoisotopic (exact) mass is 666 g/mol. The number of aliphatic hydroxyl groups is 1. The van der Waals surface area contributed by atoms with E-state index in [9.17, 15) is 29.4 Å². The summed E-state index contributed by atoms with van der Waals surface area (Å²) in [6.07, 6.45) is 9.46. The fourth-order valence-corrected chi connectivity index (χ4v) is 6.28. The highest BCUT2D eigenvalue weighted by Crippen LogP contribution is 2.30. The van der Waals surface area contributed by atoms with Crippen LogP contribution in [0.15, 0.2) is 55.5 Å². The smallest absolute Gasteiger partial charge is 0.405 e. The first-order valence-electron chi connectivity index (χ1n) is 17.0. The molecule has 3 rings (SSSR count). The van der Waals surface area contributed by atoms with Crippen LogP contribution < -0.4 is 21.3 Å². The number of aromatic amines is 1. The Labute approximate surface area is 284 Å². The number of carboxylic acid groups (broad SMARTS) is 1. The minimum absolute atomic E-state index is 0.0634. The van der Waals surface area contributed by atoms with Gasteiger partial charge in [0.1, 0.15) is 17.6 Å². The summed E-state index contributed by atoms with van der Waals surface area (Å²) in [5, 5.41) is 31.5. The molecule has 1 heterocycles. The zero-order valence-corrected chi connectivity index (χ0v) is 28.7. The van der Waals surface area contributed by atoms with Gasteiger partial charge in [0.25, 0.3) is 0 Å². The molecule has 12 heteroatoms. The van der Waals surface area contributed by atoms with Gasteiger partial charge in [-0.3, -0.25) is 14.4 Å². The van der Waals surface area contributed by atoms with E-state index in [1.54, 1.807) is 6.20 Å². The number of nitrogens with one attached hydrogen (secondary N) is 5. The highest BCUT2D eigenvalue weighted by molar-refractivity contribution is 5.95. The first-order valence-corrected chi connectivity index (χ1v) is 17.0. The Morgan fingerprint density at radius 1 is 1.00 bits per heavy atom. The molecule has 264 valence electrons. The summed E-state index contributed by atoms with van der Waals surface area (Å²) in [6.45, 7) is 10.9. The van der Waals surface area contributed by atoms with Crippen LogP contribution in [0.1, 0.15) is 83.9 Å². The molecule has 0 bridgehead atoms. The lowest BCUT2D eigenvalue weighted by Crippen LogP contribution is -2.61. The Bertz CT molecular complexity index is 1330. The molecule has 2 aromatic rings. The van der Waals surface area contributed by atoms with E-state index < -0.39 is 53.6 Å². The van der Waals surface area contributed by atoms with Crippen LogP contribution in [0.4, 0.5) is 4.79 Å². The van der Waals surface area contributed by atoms with Crippen LogP contribution in [0.5, 0.6) is 0 Å². The average molecular weight is 667 g/mol. The Morgan fingerprint density at radius 2 is 1.65 bits per heavy atom. The van der Waals surface area contributed by atoms with Crippen molar-refractivity contribution in [3.63, 3.8) is 0 Å². The number of benzene rings is 1. The number of hydrogen-bond acceptors (Lipinski definition) is 6. The topological polar surface area (TPSA) is 186 Å². The van der Waals surface area contributed by atoms with Gasteiger partial charge in [-0.1, -0.05) is 82.4 Å². The second kappa shape index (κ2) is 18.4. The number of carbonyl (C=O) groups excluding carboxylic acids is 3. The van der Waals surface area contributed by atoms with Gasteiger partial charge in [0, 0.05) is 24.7 Å². The van der Waals surface area contributed by atoms with Gasteiger partial charge >= 0.3 is 6.09 Å². The lowest BCUT2D eigenvalue weighted by atomic mass is 9.81. The van der Waals surface area contributed by atoms with E-state index in [0.29, 0.717) is 24.5 Å². The lowest BCUT2D eigenvalue weighted by molar-refractivity contribution is -0.134. The van der Waals surface area contributed by atoms with Crippen molar-refractivity contribution < 1.29 is 29.4 Å². The zero-order valence-electron chi connectivity index (χ0n) is 28.7. The van der Waals surface area contributed by atoms with Gasteiger partial charge in [-0.05, 0) is 50.0 Å². The van der Waals surface area contributed by atoms with E-state index in [4.69, 9.17) is 0 Å². The summed E-state index contributed by atoms with van der Waals surface area (Å²) in [4.78, 5) is 59.6. The average Bonchev–Trinajstić information content (AvgIpc) is 3.56. The van der Waals surface area contributed by atoms with Crippen LogP contribution in [0.2, 0.25) is 0 Å². The second-order valence-electron chi connectivity index (χ2n) is 13.9. The largest absolute Gasteiger partial charge is 0.465 e. The molecule has 5 atom stereocenters. The van der Waals surface area contributed by atoms with Gasteiger partial charge in [-0.25, -0.2) is 9.78 Å². The fourth-order valence-electron chi connectivity index (χ4n) is 6.28. The molecule has 7 N–H and O–H groups in total. The van der Waals surface area contributed by atoms with E-state index in [0.717, 1.165) is 31.2 Å². The lowest BCUT2D eigenvalue weighted by Gasteiger charge is -2.33. The summed E-state index contributed by atoms with van der Waals surface area (Å²) >= 11 is 0. The van der Waals surface area contributed by atoms with E-state index in [1.807, 2.05) is 36.4 Å². The van der Waals surface area contributed by atoms with Crippen molar-refractivity contribution in [3.8, 4) is 0 Å². The maximum Gasteiger partial charge on any atom is 0.405 e. The molecule has 1 saturated carbocycles. The Morgan fingerprint density at radius 3 is 2.23 bits per heavy atom. The summed E-state index contributed by atoms with van der Waals surface area (Å²) in [6, 6.07) is 6.34. The van der Waals surface area contributed by atoms with E-state index in [1.165, 1.54) is 26.6 Å². The number of carbonyl (C=O) groups is 4. The number of amides is 4. The highest BCUT2D eigenvalue weighted by atomic mass is 16.4. The molecule has 1 aliphatic rings. The normalized spacial score (nSPS) is 17.0. The molecule has 0 spiro atoms. The molecule has 0 radical (unpaired) electrons. The van der Waals surface area contributed by atoms with Crippen molar-refractivity contribution in [1.29, 1.82) is 0 Å². The zero-order chi connectivity index (χ0) is 35.3. The first kappa shape index (κ1) is 38.3. The van der Waals surface area contributed by atoms with Crippen molar-refractivity contribution >= 4 is 23.8 Å². The summed E-state index contributed by atoms with van der Waals surface area (Å²) < 4.78 is 0. The number of H-pyrrole nitrogens is 1. The molecule has 1 aliphatic carbocycles. The first-order chi connectivity index (χ1) is 22.8. The molecule has 4 amide bonds. The van der Waals surface area contributed by atoms with Crippen LogP contribution in [0.3, 0.4) is 0 Å². The molecule has 1 fully saturated rings. The van der Waals surface area contributed by atoms with Gasteiger partial charge in [0.05, 0.1) is 18.5 Å². The number of nitrogens with zero attached hydrogens (tertiary/aromatic N) is 1. The van der Waals surface area contributed by atoms with Gasteiger partial charge in [0.2, 0.25) is 17.7 Å². The standard InChI is InChI=1S/C36H54N6O6/c1-6-26(23(2)3)19-31(43)28(17-24-13-9-7-10-14-24)39-33(45)30(20-27-21-37-22-38-27)40-32(44)29(18-25-15-11-8-12-16-25)41-34(46)36(4,5)42-35(47)48/h6,8,11-12,15-16,21-24,26,28-31,42-43H,1,7,9-10,13-14,17-20H2,2-5H3,(H,37,38)(H,39,45)(H,40,44)(H,41,46)(H,47,48)/t26-,28-,29-,30-,31-/m0/s1. The minimum Gasteiger partial charge on any atom is -0.465 e. The van der Waals surface area contributed by atoms with Gasteiger partial charge in [0.15, 0.2) is 0 Å². The van der Waals surface area contributed by atoms with Gasteiger partial charge in [-0.15, -0.1) is 6.58 Å². The Balaban J connectivity index is 1.87. The van der Waals surface area contributed by atoms with Crippen LogP contribution in [-0.4, -0.2) is 73.8 Å². The molecule has 1 aromatic heterocycles. The third-order valence-corrected chi connectivity index (χ3v) is 9.28. The number of hydrogen-bond donors (Lipinski definition) is 7. The maximum absolute atomic E-state index is 14.1. The van der Waals surface area contributed by atoms with Crippen molar-refractivity contribution in [3.05, 3.63) is 66.8 Å². The molecule has 12 nitrogen and oxygen atoms in total. The molecule has 0 saturated heterocycles. The number of aliphatic hydroxyl groups excluding tert-OH is 1. The van der Waals surface area contributed by atoms with Crippen LogP contribution in [0, 0.1) is 17.8 Å². The second-order valence-corrected chi connectivity index (χ2v) is 13.9. The van der Waals surface area contributed by atoms with Crippen LogP contribution in [-0.2, 0) is 27.2 Å². The summed E-state index contributed by atoms with van der Waals surface area (Å²) in [5.74, 6) is -1.08. The SMILES string of the molecule is C=C[C@@H](C[C@H](O)[C@H](CC1CCCCC1)NC(=O)[C@H](Cc1cnc[nH]1)NC(=O)[C@H](Cc1ccccc1)NC(=O)C(C)(C)NC(=O)O)C(C)C. The predicted octanol–water partition coefficient (Wildman–Crippen LogP) is 3.88. The number of rotatable bonds is 18. The van der Waals surface area contributed by atoms with Crippen LogP contribution >= 0.6 is 0 Å². The molecule has 1 aromatic carbocycles. The van der Waals surface area contributed by atoms with E-state index in [2.05, 4.69) is 51.7 Å². The fraction of sp³-hybridized carbons (Fsp3) is 0.583. The predicted molar refractivity (Wildman–Crippen MR) is 184 cm³/mol. The number of allylic oxidation sites excluding steroid dienone is 1. The highest BCUT2D eigenvalue weighted by Gasteiger charge is 2.35. The van der Waals surface area contributed by atoms with Crippen molar-refractivity contribution in [2.45, 2.75) is 115 Å². The molecular weight excluding hydrogens is 612 g/mol. The van der Waals surface area contributed by atoms with E-state index in [-0.39, 0.29) is 24.7 Å². The maximum atomic E-state index is 14.1. The molecular formula is C36H54N6O6. The minimum atomic E-state index is -1.53. The van der Waals surface area contributed by atoms with Crippen molar-refractivity contribution in [2.75, 3.05) is 0 Å². The van der Waals surface area contributed by atoms with Gasteiger partial charge < -0.3 is 36.5 Å². The summed E-state index contributed by atoms with van der Waals surface area (Å²) in [7, 11) is 0. The Hall–Kier alpha value is -4.19.